The molecule has 0 bridgehead atoms. The SMILES string of the molecule is O[C@H](CN1CCCCC[C@@H]1C[C@@H](O)c1ccco1)Cn1cccn1. The summed E-state index contributed by atoms with van der Waals surface area (Å²) >= 11 is 0. The van der Waals surface area contributed by atoms with Gasteiger partial charge in [0.25, 0.3) is 0 Å². The molecular weight excluding hydrogens is 306 g/mol. The third-order valence-corrected chi connectivity index (χ3v) is 4.77. The maximum atomic E-state index is 10.4. The average molecular weight is 333 g/mol. The van der Waals surface area contributed by atoms with Crippen molar-refractivity contribution in [2.75, 3.05) is 13.1 Å². The molecule has 0 amide bonds. The molecule has 1 saturated heterocycles. The number of hydrogen-bond acceptors (Lipinski definition) is 5. The molecule has 0 spiro atoms. The number of aliphatic hydroxyl groups is 2. The van der Waals surface area contributed by atoms with Crippen LogP contribution in [-0.4, -0.2) is 50.1 Å². The van der Waals surface area contributed by atoms with E-state index in [1.54, 1.807) is 23.2 Å². The van der Waals surface area contributed by atoms with Crippen LogP contribution in [-0.2, 0) is 6.54 Å². The molecular formula is C18H27N3O3. The molecule has 1 fully saturated rings. The van der Waals surface area contributed by atoms with Gasteiger partial charge in [0.05, 0.1) is 18.9 Å². The third kappa shape index (κ3) is 4.69. The summed E-state index contributed by atoms with van der Waals surface area (Å²) in [6.45, 7) is 2.07. The van der Waals surface area contributed by atoms with Crippen LogP contribution in [0.4, 0.5) is 0 Å². The maximum Gasteiger partial charge on any atom is 0.132 e. The summed E-state index contributed by atoms with van der Waals surface area (Å²) in [6, 6.07) is 5.75. The van der Waals surface area contributed by atoms with Gasteiger partial charge in [-0.25, -0.2) is 0 Å². The van der Waals surface area contributed by atoms with Crippen molar-refractivity contribution >= 4 is 0 Å². The predicted molar refractivity (Wildman–Crippen MR) is 90.3 cm³/mol. The lowest BCUT2D eigenvalue weighted by Gasteiger charge is -2.32. The number of aliphatic hydroxyl groups excluding tert-OH is 2. The Hall–Kier alpha value is -1.63. The first-order valence-electron chi connectivity index (χ1n) is 8.83. The molecule has 3 atom stereocenters. The summed E-state index contributed by atoms with van der Waals surface area (Å²) in [7, 11) is 0. The van der Waals surface area contributed by atoms with Gasteiger partial charge >= 0.3 is 0 Å². The van der Waals surface area contributed by atoms with Crippen LogP contribution in [0.1, 0.15) is 44.0 Å². The number of β-amino-alcohol motifs (C(OH)–C–C–N with tert-alkyl or cyclic N) is 1. The first-order valence-corrected chi connectivity index (χ1v) is 8.83. The highest BCUT2D eigenvalue weighted by atomic mass is 16.4. The molecule has 0 aromatic carbocycles. The third-order valence-electron chi connectivity index (χ3n) is 4.77. The van der Waals surface area contributed by atoms with E-state index >= 15 is 0 Å². The molecule has 3 heterocycles. The van der Waals surface area contributed by atoms with Crippen LogP contribution in [0.3, 0.4) is 0 Å². The summed E-state index contributed by atoms with van der Waals surface area (Å²) < 4.78 is 7.08. The molecule has 132 valence electrons. The Kier molecular flexibility index (Phi) is 6.07. The van der Waals surface area contributed by atoms with Crippen molar-refractivity contribution in [3.8, 4) is 0 Å². The Labute approximate surface area is 142 Å². The summed E-state index contributed by atoms with van der Waals surface area (Å²) in [5.74, 6) is 0.622. The van der Waals surface area contributed by atoms with E-state index in [2.05, 4.69) is 10.00 Å². The first-order chi connectivity index (χ1) is 11.7. The van der Waals surface area contributed by atoms with Gasteiger partial charge in [0.1, 0.15) is 11.9 Å². The molecule has 24 heavy (non-hydrogen) atoms. The second kappa shape index (κ2) is 8.46. The van der Waals surface area contributed by atoms with Gasteiger partial charge in [-0.3, -0.25) is 9.58 Å². The van der Waals surface area contributed by atoms with Crippen molar-refractivity contribution in [3.05, 3.63) is 42.6 Å². The average Bonchev–Trinajstić information content (AvgIpc) is 3.22. The first kappa shape index (κ1) is 17.2. The molecule has 0 aliphatic carbocycles. The molecule has 6 heteroatoms. The van der Waals surface area contributed by atoms with Crippen LogP contribution >= 0.6 is 0 Å². The van der Waals surface area contributed by atoms with Gasteiger partial charge in [0.2, 0.25) is 0 Å². The molecule has 1 aliphatic heterocycles. The van der Waals surface area contributed by atoms with E-state index in [-0.39, 0.29) is 6.04 Å². The second-order valence-electron chi connectivity index (χ2n) is 6.65. The van der Waals surface area contributed by atoms with E-state index in [0.717, 1.165) is 19.4 Å². The van der Waals surface area contributed by atoms with Crippen LogP contribution < -0.4 is 0 Å². The fourth-order valence-corrected chi connectivity index (χ4v) is 3.55. The molecule has 0 unspecified atom stereocenters. The van der Waals surface area contributed by atoms with Crippen molar-refractivity contribution in [3.63, 3.8) is 0 Å². The zero-order valence-electron chi connectivity index (χ0n) is 14.0. The van der Waals surface area contributed by atoms with Crippen molar-refractivity contribution in [1.82, 2.24) is 14.7 Å². The van der Waals surface area contributed by atoms with E-state index < -0.39 is 12.2 Å². The molecule has 6 nitrogen and oxygen atoms in total. The van der Waals surface area contributed by atoms with E-state index in [4.69, 9.17) is 4.42 Å². The lowest BCUT2D eigenvalue weighted by molar-refractivity contribution is 0.0461. The van der Waals surface area contributed by atoms with Crippen LogP contribution in [0.15, 0.2) is 41.3 Å². The van der Waals surface area contributed by atoms with E-state index in [1.165, 1.54) is 12.8 Å². The fourth-order valence-electron chi connectivity index (χ4n) is 3.55. The van der Waals surface area contributed by atoms with E-state index in [1.807, 2.05) is 18.3 Å². The Morgan fingerprint density at radius 2 is 2.12 bits per heavy atom. The van der Waals surface area contributed by atoms with Gasteiger partial charge in [-0.2, -0.15) is 5.10 Å². The van der Waals surface area contributed by atoms with Gasteiger partial charge in [-0.1, -0.05) is 12.8 Å². The van der Waals surface area contributed by atoms with Crippen molar-refractivity contribution < 1.29 is 14.6 Å². The zero-order chi connectivity index (χ0) is 16.8. The van der Waals surface area contributed by atoms with Crippen LogP contribution in [0.5, 0.6) is 0 Å². The molecule has 3 rings (SSSR count). The molecule has 0 radical (unpaired) electrons. The highest BCUT2D eigenvalue weighted by Gasteiger charge is 2.26. The lowest BCUT2D eigenvalue weighted by Crippen LogP contribution is -2.42. The summed E-state index contributed by atoms with van der Waals surface area (Å²) in [4.78, 5) is 2.33. The largest absolute Gasteiger partial charge is 0.467 e. The Balaban J connectivity index is 1.59. The Bertz CT molecular complexity index is 570. The molecule has 2 aromatic heterocycles. The van der Waals surface area contributed by atoms with Crippen molar-refractivity contribution in [2.24, 2.45) is 0 Å². The van der Waals surface area contributed by atoms with Gasteiger partial charge in [0, 0.05) is 25.0 Å². The maximum absolute atomic E-state index is 10.4. The van der Waals surface area contributed by atoms with E-state index in [9.17, 15) is 10.2 Å². The number of hydrogen-bond donors (Lipinski definition) is 2. The van der Waals surface area contributed by atoms with Gasteiger partial charge in [-0.15, -0.1) is 0 Å². The summed E-state index contributed by atoms with van der Waals surface area (Å²) in [5, 5.41) is 25.0. The highest BCUT2D eigenvalue weighted by molar-refractivity contribution is 5.02. The molecule has 2 aromatic rings. The molecule has 1 aliphatic rings. The van der Waals surface area contributed by atoms with Crippen LogP contribution in [0, 0.1) is 0 Å². The quantitative estimate of drug-likeness (QED) is 0.812. The minimum atomic E-state index is -0.589. The number of nitrogens with zero attached hydrogens (tertiary/aromatic N) is 3. The number of furan rings is 1. The predicted octanol–water partition coefficient (Wildman–Crippen LogP) is 2.21. The van der Waals surface area contributed by atoms with Crippen molar-refractivity contribution in [2.45, 2.75) is 56.9 Å². The smallest absolute Gasteiger partial charge is 0.132 e. The minimum absolute atomic E-state index is 0.264. The summed E-state index contributed by atoms with van der Waals surface area (Å²) in [6.07, 6.45) is 9.33. The normalized spacial score (nSPS) is 22.2. The topological polar surface area (TPSA) is 74.7 Å². The van der Waals surface area contributed by atoms with Crippen LogP contribution in [0.25, 0.3) is 0 Å². The molecule has 2 N–H and O–H groups in total. The Morgan fingerprint density at radius 3 is 2.88 bits per heavy atom. The minimum Gasteiger partial charge on any atom is -0.467 e. The van der Waals surface area contributed by atoms with Gasteiger partial charge < -0.3 is 14.6 Å². The van der Waals surface area contributed by atoms with E-state index in [0.29, 0.717) is 25.3 Å². The standard InChI is InChI=1S/C18H27N3O3/c22-16(14-21-10-5-8-19-21)13-20-9-3-1-2-6-15(20)12-17(23)18-7-4-11-24-18/h4-5,7-8,10-11,15-17,22-23H,1-3,6,9,12-14H2/t15-,16-,17-/m1/s1. The monoisotopic (exact) mass is 333 g/mol. The zero-order valence-corrected chi connectivity index (χ0v) is 14.0. The lowest BCUT2D eigenvalue weighted by atomic mass is 10.0. The Morgan fingerprint density at radius 1 is 1.21 bits per heavy atom. The van der Waals surface area contributed by atoms with Gasteiger partial charge in [-0.05, 0) is 44.0 Å². The number of likely N-dealkylation sites (tertiary alicyclic amines) is 1. The highest BCUT2D eigenvalue weighted by Crippen LogP contribution is 2.26. The van der Waals surface area contributed by atoms with Crippen LogP contribution in [0.2, 0.25) is 0 Å². The second-order valence-corrected chi connectivity index (χ2v) is 6.65. The fraction of sp³-hybridized carbons (Fsp3) is 0.611. The van der Waals surface area contributed by atoms with Crippen molar-refractivity contribution in [1.29, 1.82) is 0 Å². The number of aromatic nitrogens is 2. The molecule has 0 saturated carbocycles. The summed E-state index contributed by atoms with van der Waals surface area (Å²) in [5.41, 5.74) is 0. The van der Waals surface area contributed by atoms with Gasteiger partial charge in [0.15, 0.2) is 0 Å². The number of rotatable bonds is 7.